The molecule has 0 radical (unpaired) electrons. The van der Waals surface area contributed by atoms with Crippen molar-refractivity contribution in [3.8, 4) is 11.5 Å². The number of esters is 4. The van der Waals surface area contributed by atoms with E-state index >= 15 is 0 Å². The van der Waals surface area contributed by atoms with E-state index in [4.69, 9.17) is 23.7 Å². The molecule has 2 rings (SSSR count). The molecule has 0 saturated heterocycles. The minimum atomic E-state index is -1.18. The van der Waals surface area contributed by atoms with Crippen molar-refractivity contribution in [2.45, 2.75) is 52.4 Å². The Balaban J connectivity index is 2.78. The van der Waals surface area contributed by atoms with Gasteiger partial charge in [-0.25, -0.2) is 4.79 Å². The normalized spacial score (nSPS) is 19.5. The Kier molecular flexibility index (Phi) is 5.96. The van der Waals surface area contributed by atoms with Crippen molar-refractivity contribution in [1.82, 2.24) is 0 Å². The first-order chi connectivity index (χ1) is 13.0. The number of fused-ring (bicyclic) bond motifs is 1. The maximum absolute atomic E-state index is 12.2. The fourth-order valence-electron chi connectivity index (χ4n) is 3.00. The summed E-state index contributed by atoms with van der Waals surface area (Å²) in [6.07, 6.45) is -2.25. The molecular formula is C19H22O9. The molecule has 0 saturated carbocycles. The number of carbonyl (C=O) groups excluding carboxylic acids is 4. The van der Waals surface area contributed by atoms with Gasteiger partial charge >= 0.3 is 23.9 Å². The van der Waals surface area contributed by atoms with E-state index in [1.807, 2.05) is 0 Å². The summed E-state index contributed by atoms with van der Waals surface area (Å²) in [6.45, 7) is 6.84. The summed E-state index contributed by atoms with van der Waals surface area (Å²) in [6, 6.07) is 2.84. The third kappa shape index (κ3) is 4.24. The molecule has 1 aromatic carbocycles. The summed E-state index contributed by atoms with van der Waals surface area (Å²) in [5.41, 5.74) is -1.06. The maximum Gasteiger partial charge on any atom is 0.341 e. The number of benzene rings is 1. The molecule has 1 aromatic rings. The zero-order valence-electron chi connectivity index (χ0n) is 16.5. The molecular weight excluding hydrogens is 372 g/mol. The highest BCUT2D eigenvalue weighted by Gasteiger charge is 2.50. The van der Waals surface area contributed by atoms with Crippen LogP contribution < -0.4 is 9.47 Å². The second-order valence-corrected chi connectivity index (χ2v) is 6.70. The Morgan fingerprint density at radius 3 is 2.07 bits per heavy atom. The van der Waals surface area contributed by atoms with Crippen LogP contribution in [0.25, 0.3) is 0 Å². The zero-order chi connectivity index (χ0) is 21.2. The van der Waals surface area contributed by atoms with Gasteiger partial charge in [0.15, 0.2) is 18.0 Å². The van der Waals surface area contributed by atoms with Gasteiger partial charge in [0.1, 0.15) is 16.9 Å². The number of hydrogen-bond donors (Lipinski definition) is 0. The first-order valence-corrected chi connectivity index (χ1v) is 8.45. The van der Waals surface area contributed by atoms with Gasteiger partial charge in [-0.2, -0.15) is 0 Å². The largest absolute Gasteiger partial charge is 0.483 e. The topological polar surface area (TPSA) is 114 Å². The van der Waals surface area contributed by atoms with E-state index in [9.17, 15) is 19.2 Å². The van der Waals surface area contributed by atoms with Crippen LogP contribution in [0.5, 0.6) is 11.5 Å². The smallest absolute Gasteiger partial charge is 0.341 e. The van der Waals surface area contributed by atoms with Crippen molar-refractivity contribution < 1.29 is 42.9 Å². The van der Waals surface area contributed by atoms with Crippen LogP contribution >= 0.6 is 0 Å². The lowest BCUT2D eigenvalue weighted by Crippen LogP contribution is -2.52. The van der Waals surface area contributed by atoms with Gasteiger partial charge < -0.3 is 23.7 Å². The molecule has 0 aromatic heterocycles. The van der Waals surface area contributed by atoms with Crippen LogP contribution in [-0.2, 0) is 28.6 Å². The average Bonchev–Trinajstić information content (AvgIpc) is 2.55. The number of rotatable bonds is 4. The summed E-state index contributed by atoms with van der Waals surface area (Å²) in [5, 5.41) is 0. The standard InChI is InChI=1S/C19H22O9/c1-9(20)25-15-12(18(23)24-6)7-8-13-14(15)16(26-10(2)21)17(27-11(3)22)19(4,5)28-13/h7-8,16-17H,1-6H3/t16-,17-/m0/s1. The average molecular weight is 394 g/mol. The highest BCUT2D eigenvalue weighted by atomic mass is 16.6. The Morgan fingerprint density at radius 2 is 1.57 bits per heavy atom. The minimum Gasteiger partial charge on any atom is -0.483 e. The fraction of sp³-hybridized carbons (Fsp3) is 0.474. The summed E-state index contributed by atoms with van der Waals surface area (Å²) < 4.78 is 26.7. The molecule has 1 aliphatic rings. The lowest BCUT2D eigenvalue weighted by Gasteiger charge is -2.43. The molecule has 0 N–H and O–H groups in total. The van der Waals surface area contributed by atoms with Crippen LogP contribution in [-0.4, -0.2) is 42.7 Å². The number of carbonyl (C=O) groups is 4. The molecule has 0 bridgehead atoms. The van der Waals surface area contributed by atoms with Crippen LogP contribution in [0.4, 0.5) is 0 Å². The predicted molar refractivity (Wildman–Crippen MR) is 93.9 cm³/mol. The quantitative estimate of drug-likeness (QED) is 0.430. The van der Waals surface area contributed by atoms with Crippen molar-refractivity contribution in [3.05, 3.63) is 23.3 Å². The van der Waals surface area contributed by atoms with Gasteiger partial charge in [0.25, 0.3) is 0 Å². The molecule has 1 heterocycles. The number of ether oxygens (including phenoxy) is 5. The Bertz CT molecular complexity index is 825. The molecule has 152 valence electrons. The van der Waals surface area contributed by atoms with Crippen LogP contribution in [0.15, 0.2) is 12.1 Å². The van der Waals surface area contributed by atoms with E-state index in [0.29, 0.717) is 0 Å². The Morgan fingerprint density at radius 1 is 0.964 bits per heavy atom. The van der Waals surface area contributed by atoms with Gasteiger partial charge in [-0.15, -0.1) is 0 Å². The molecule has 0 unspecified atom stereocenters. The molecule has 9 heteroatoms. The molecule has 0 spiro atoms. The summed E-state index contributed by atoms with van der Waals surface area (Å²) in [4.78, 5) is 47.3. The number of hydrogen-bond acceptors (Lipinski definition) is 9. The third-order valence-electron chi connectivity index (χ3n) is 4.01. The lowest BCUT2D eigenvalue weighted by atomic mass is 9.86. The predicted octanol–water partition coefficient (Wildman–Crippen LogP) is 2.11. The third-order valence-corrected chi connectivity index (χ3v) is 4.01. The van der Waals surface area contributed by atoms with Crippen LogP contribution in [0.3, 0.4) is 0 Å². The van der Waals surface area contributed by atoms with Crippen molar-refractivity contribution in [1.29, 1.82) is 0 Å². The van der Waals surface area contributed by atoms with Gasteiger partial charge in [0, 0.05) is 20.8 Å². The van der Waals surface area contributed by atoms with Crippen LogP contribution in [0, 0.1) is 0 Å². The van der Waals surface area contributed by atoms with Crippen LogP contribution in [0.2, 0.25) is 0 Å². The highest BCUT2D eigenvalue weighted by molar-refractivity contribution is 5.94. The van der Waals surface area contributed by atoms with Gasteiger partial charge in [-0.3, -0.25) is 14.4 Å². The summed E-state index contributed by atoms with van der Waals surface area (Å²) in [7, 11) is 1.17. The maximum atomic E-state index is 12.2. The van der Waals surface area contributed by atoms with E-state index < -0.39 is 41.7 Å². The first-order valence-electron chi connectivity index (χ1n) is 8.45. The SMILES string of the molecule is COC(=O)c1ccc2c(c1OC(C)=O)[C@H](OC(C)=O)[C@H](OC(C)=O)C(C)(C)O2. The van der Waals surface area contributed by atoms with Gasteiger partial charge in [-0.1, -0.05) is 0 Å². The lowest BCUT2D eigenvalue weighted by molar-refractivity contribution is -0.188. The molecule has 0 fully saturated rings. The fourth-order valence-corrected chi connectivity index (χ4v) is 3.00. The van der Waals surface area contributed by atoms with E-state index in [1.165, 1.54) is 33.1 Å². The molecule has 1 aliphatic heterocycles. The van der Waals surface area contributed by atoms with E-state index in [0.717, 1.165) is 6.92 Å². The monoisotopic (exact) mass is 394 g/mol. The van der Waals surface area contributed by atoms with Crippen molar-refractivity contribution in [2.24, 2.45) is 0 Å². The molecule has 9 nitrogen and oxygen atoms in total. The van der Waals surface area contributed by atoms with E-state index in [1.54, 1.807) is 13.8 Å². The van der Waals surface area contributed by atoms with Crippen molar-refractivity contribution >= 4 is 23.9 Å². The minimum absolute atomic E-state index is 0.0708. The summed E-state index contributed by atoms with van der Waals surface area (Å²) in [5.74, 6) is -2.74. The Labute approximate surface area is 161 Å². The molecule has 0 aliphatic carbocycles. The Hall–Kier alpha value is -3.10. The second kappa shape index (κ2) is 7.87. The van der Waals surface area contributed by atoms with Crippen molar-refractivity contribution in [2.75, 3.05) is 7.11 Å². The molecule has 0 amide bonds. The van der Waals surface area contributed by atoms with Gasteiger partial charge in [0.05, 0.1) is 12.7 Å². The second-order valence-electron chi connectivity index (χ2n) is 6.70. The number of methoxy groups -OCH3 is 1. The summed E-state index contributed by atoms with van der Waals surface area (Å²) >= 11 is 0. The van der Waals surface area contributed by atoms with Gasteiger partial charge in [0.2, 0.25) is 0 Å². The highest BCUT2D eigenvalue weighted by Crippen LogP contribution is 2.49. The van der Waals surface area contributed by atoms with E-state index in [2.05, 4.69) is 0 Å². The zero-order valence-corrected chi connectivity index (χ0v) is 16.5. The van der Waals surface area contributed by atoms with E-state index in [-0.39, 0.29) is 22.6 Å². The molecule has 28 heavy (non-hydrogen) atoms. The van der Waals surface area contributed by atoms with Crippen LogP contribution in [0.1, 0.15) is 56.6 Å². The van der Waals surface area contributed by atoms with Crippen molar-refractivity contribution in [3.63, 3.8) is 0 Å². The molecule has 2 atom stereocenters. The van der Waals surface area contributed by atoms with Gasteiger partial charge in [-0.05, 0) is 26.0 Å². The first kappa shape index (κ1) is 21.2.